The van der Waals surface area contributed by atoms with Gasteiger partial charge < -0.3 is 14.2 Å². The van der Waals surface area contributed by atoms with Crippen LogP contribution in [0.5, 0.6) is 5.75 Å². The summed E-state index contributed by atoms with van der Waals surface area (Å²) in [6.45, 7) is 7.44. The van der Waals surface area contributed by atoms with E-state index in [1.54, 1.807) is 7.11 Å². The summed E-state index contributed by atoms with van der Waals surface area (Å²) in [5.74, 6) is 2.07. The Kier molecular flexibility index (Phi) is 5.71. The van der Waals surface area contributed by atoms with Crippen LogP contribution in [-0.4, -0.2) is 65.1 Å². The SMILES string of the molecule is COc1ccc(CC(=O)N2CCN(CCn3ccnc3C)CC2)cc1. The smallest absolute Gasteiger partial charge is 0.227 e. The topological polar surface area (TPSA) is 50.6 Å². The van der Waals surface area contributed by atoms with Gasteiger partial charge in [-0.2, -0.15) is 0 Å². The molecule has 0 aliphatic carbocycles. The van der Waals surface area contributed by atoms with Crippen LogP contribution in [0.3, 0.4) is 0 Å². The maximum atomic E-state index is 12.5. The summed E-state index contributed by atoms with van der Waals surface area (Å²) >= 11 is 0. The predicted molar refractivity (Wildman–Crippen MR) is 96.7 cm³/mol. The lowest BCUT2D eigenvalue weighted by molar-refractivity contribution is -0.132. The minimum absolute atomic E-state index is 0.204. The van der Waals surface area contributed by atoms with E-state index < -0.39 is 0 Å². The van der Waals surface area contributed by atoms with Crippen LogP contribution in [-0.2, 0) is 17.8 Å². The number of ether oxygens (including phenoxy) is 1. The first-order chi connectivity index (χ1) is 12.2. The Morgan fingerprint density at radius 3 is 2.44 bits per heavy atom. The average Bonchev–Trinajstić information content (AvgIpc) is 3.06. The number of amides is 1. The third-order valence-corrected chi connectivity index (χ3v) is 4.82. The van der Waals surface area contributed by atoms with Gasteiger partial charge in [0, 0.05) is 51.7 Å². The number of rotatable bonds is 6. The van der Waals surface area contributed by atoms with E-state index in [2.05, 4.69) is 14.5 Å². The zero-order chi connectivity index (χ0) is 17.6. The molecule has 6 heteroatoms. The second-order valence-corrected chi connectivity index (χ2v) is 6.42. The van der Waals surface area contributed by atoms with Crippen LogP contribution in [0.25, 0.3) is 0 Å². The lowest BCUT2D eigenvalue weighted by Crippen LogP contribution is -2.49. The van der Waals surface area contributed by atoms with Gasteiger partial charge in [-0.1, -0.05) is 12.1 Å². The number of carbonyl (C=O) groups is 1. The van der Waals surface area contributed by atoms with Crippen molar-refractivity contribution in [3.05, 3.63) is 48.0 Å². The first-order valence-corrected chi connectivity index (χ1v) is 8.76. The fourth-order valence-corrected chi connectivity index (χ4v) is 3.14. The van der Waals surface area contributed by atoms with E-state index >= 15 is 0 Å². The molecular weight excluding hydrogens is 316 g/mol. The molecule has 1 aliphatic rings. The molecule has 0 unspecified atom stereocenters. The number of carbonyl (C=O) groups excluding carboxylic acids is 1. The predicted octanol–water partition coefficient (Wildman–Crippen LogP) is 1.59. The highest BCUT2D eigenvalue weighted by atomic mass is 16.5. The van der Waals surface area contributed by atoms with Crippen LogP contribution in [0.4, 0.5) is 0 Å². The molecule has 2 aromatic rings. The second kappa shape index (κ2) is 8.16. The normalized spacial score (nSPS) is 15.4. The van der Waals surface area contributed by atoms with E-state index in [0.717, 1.165) is 56.4 Å². The molecule has 6 nitrogen and oxygen atoms in total. The van der Waals surface area contributed by atoms with Crippen LogP contribution < -0.4 is 4.74 Å². The van der Waals surface area contributed by atoms with Gasteiger partial charge in [0.05, 0.1) is 13.5 Å². The number of aromatic nitrogens is 2. The van der Waals surface area contributed by atoms with Gasteiger partial charge in [-0.15, -0.1) is 0 Å². The number of methoxy groups -OCH3 is 1. The summed E-state index contributed by atoms with van der Waals surface area (Å²) in [5, 5.41) is 0. The highest BCUT2D eigenvalue weighted by Gasteiger charge is 2.21. The van der Waals surface area contributed by atoms with Crippen LogP contribution >= 0.6 is 0 Å². The highest BCUT2D eigenvalue weighted by molar-refractivity contribution is 5.78. The summed E-state index contributed by atoms with van der Waals surface area (Å²) in [7, 11) is 1.65. The van der Waals surface area contributed by atoms with Gasteiger partial charge in [0.1, 0.15) is 11.6 Å². The van der Waals surface area contributed by atoms with Gasteiger partial charge in [0.25, 0.3) is 0 Å². The van der Waals surface area contributed by atoms with Crippen molar-refractivity contribution in [3.8, 4) is 5.75 Å². The van der Waals surface area contributed by atoms with E-state index in [4.69, 9.17) is 4.74 Å². The number of imidazole rings is 1. The van der Waals surface area contributed by atoms with Crippen LogP contribution in [0.15, 0.2) is 36.7 Å². The van der Waals surface area contributed by atoms with Gasteiger partial charge in [-0.3, -0.25) is 9.69 Å². The molecule has 1 aromatic heterocycles. The summed E-state index contributed by atoms with van der Waals surface area (Å²) in [6, 6.07) is 7.72. The van der Waals surface area contributed by atoms with Gasteiger partial charge in [0.2, 0.25) is 5.91 Å². The molecular formula is C19H26N4O2. The monoisotopic (exact) mass is 342 g/mol. The fourth-order valence-electron chi connectivity index (χ4n) is 3.14. The molecule has 134 valence electrons. The van der Waals surface area contributed by atoms with Crippen molar-refractivity contribution in [2.45, 2.75) is 19.9 Å². The summed E-state index contributed by atoms with van der Waals surface area (Å²) < 4.78 is 7.32. The number of benzene rings is 1. The number of piperazine rings is 1. The number of aryl methyl sites for hydroxylation is 1. The molecule has 0 bridgehead atoms. The van der Waals surface area contributed by atoms with Crippen molar-refractivity contribution in [3.63, 3.8) is 0 Å². The largest absolute Gasteiger partial charge is 0.497 e. The maximum Gasteiger partial charge on any atom is 0.227 e. The molecule has 0 radical (unpaired) electrons. The standard InChI is InChI=1S/C19H26N4O2/c1-16-20-7-8-22(16)12-9-21-10-13-23(14-11-21)19(24)15-17-3-5-18(25-2)6-4-17/h3-8H,9-15H2,1-2H3. The van der Waals surface area contributed by atoms with Gasteiger partial charge >= 0.3 is 0 Å². The first-order valence-electron chi connectivity index (χ1n) is 8.76. The van der Waals surface area contributed by atoms with E-state index in [9.17, 15) is 4.79 Å². The van der Waals surface area contributed by atoms with Gasteiger partial charge in [-0.05, 0) is 24.6 Å². The summed E-state index contributed by atoms with van der Waals surface area (Å²) in [4.78, 5) is 21.1. The Hall–Kier alpha value is -2.34. The Bertz CT molecular complexity index is 688. The molecule has 3 rings (SSSR count). The highest BCUT2D eigenvalue weighted by Crippen LogP contribution is 2.13. The Labute approximate surface area is 149 Å². The fraction of sp³-hybridized carbons (Fsp3) is 0.474. The van der Waals surface area contributed by atoms with E-state index in [1.165, 1.54) is 0 Å². The number of hydrogen-bond donors (Lipinski definition) is 0. The molecule has 1 aromatic carbocycles. The first kappa shape index (κ1) is 17.5. The Morgan fingerprint density at radius 2 is 1.84 bits per heavy atom. The Balaban J connectivity index is 1.43. The lowest BCUT2D eigenvalue weighted by atomic mass is 10.1. The minimum atomic E-state index is 0.204. The van der Waals surface area contributed by atoms with Crippen LogP contribution in [0.1, 0.15) is 11.4 Å². The molecule has 0 atom stereocenters. The summed E-state index contributed by atoms with van der Waals surface area (Å²) in [6.07, 6.45) is 4.31. The zero-order valence-corrected chi connectivity index (χ0v) is 15.0. The molecule has 1 fully saturated rings. The molecule has 2 heterocycles. The Morgan fingerprint density at radius 1 is 1.12 bits per heavy atom. The van der Waals surface area contributed by atoms with E-state index in [1.807, 2.05) is 48.5 Å². The average molecular weight is 342 g/mol. The number of hydrogen-bond acceptors (Lipinski definition) is 4. The number of nitrogens with zero attached hydrogens (tertiary/aromatic N) is 4. The molecule has 1 aliphatic heterocycles. The molecule has 0 N–H and O–H groups in total. The lowest BCUT2D eigenvalue weighted by Gasteiger charge is -2.35. The summed E-state index contributed by atoms with van der Waals surface area (Å²) in [5.41, 5.74) is 1.03. The second-order valence-electron chi connectivity index (χ2n) is 6.42. The third kappa shape index (κ3) is 4.60. The van der Waals surface area contributed by atoms with Crippen molar-refractivity contribution in [1.82, 2.24) is 19.4 Å². The zero-order valence-electron chi connectivity index (χ0n) is 15.0. The quantitative estimate of drug-likeness (QED) is 0.800. The third-order valence-electron chi connectivity index (χ3n) is 4.82. The molecule has 1 saturated heterocycles. The van der Waals surface area contributed by atoms with Crippen molar-refractivity contribution < 1.29 is 9.53 Å². The van der Waals surface area contributed by atoms with Crippen molar-refractivity contribution in [2.24, 2.45) is 0 Å². The maximum absolute atomic E-state index is 12.5. The van der Waals surface area contributed by atoms with Crippen LogP contribution in [0, 0.1) is 6.92 Å². The van der Waals surface area contributed by atoms with Crippen molar-refractivity contribution in [1.29, 1.82) is 0 Å². The molecule has 0 spiro atoms. The molecule has 25 heavy (non-hydrogen) atoms. The van der Waals surface area contributed by atoms with E-state index in [0.29, 0.717) is 6.42 Å². The van der Waals surface area contributed by atoms with Gasteiger partial charge in [-0.25, -0.2) is 4.98 Å². The minimum Gasteiger partial charge on any atom is -0.497 e. The van der Waals surface area contributed by atoms with Crippen molar-refractivity contribution >= 4 is 5.91 Å². The molecule has 1 amide bonds. The van der Waals surface area contributed by atoms with Gasteiger partial charge in [0.15, 0.2) is 0 Å². The van der Waals surface area contributed by atoms with E-state index in [-0.39, 0.29) is 5.91 Å². The van der Waals surface area contributed by atoms with Crippen molar-refractivity contribution in [2.75, 3.05) is 39.8 Å². The molecule has 0 saturated carbocycles. The van der Waals surface area contributed by atoms with Crippen LogP contribution in [0.2, 0.25) is 0 Å².